The molecule has 3 heteroatoms. The molecule has 10 heavy (non-hydrogen) atoms. The molecule has 0 unspecified atom stereocenters. The molecule has 0 atom stereocenters. The first-order chi connectivity index (χ1) is 4.75. The van der Waals surface area contributed by atoms with E-state index in [-0.39, 0.29) is 5.75 Å². The summed E-state index contributed by atoms with van der Waals surface area (Å²) in [5.41, 5.74) is 0.974. The van der Waals surface area contributed by atoms with E-state index in [1.165, 1.54) is 0 Å². The molecule has 0 bridgehead atoms. The molecule has 0 aliphatic carbocycles. The van der Waals surface area contributed by atoms with Crippen LogP contribution in [-0.4, -0.2) is 5.11 Å². The normalized spacial score (nSPS) is 9.80. The van der Waals surface area contributed by atoms with Gasteiger partial charge in [-0.2, -0.15) is 0 Å². The Bertz CT molecular complexity index is 237. The fraction of sp³-hybridized carbons (Fsp3) is 0.143. The summed E-state index contributed by atoms with van der Waals surface area (Å²) >= 11 is 7.94. The predicted molar refractivity (Wildman–Crippen MR) is 50.8 cm³/mol. The third kappa shape index (κ3) is 1.55. The molecular weight excluding hydrogens is 262 g/mol. The maximum Gasteiger partial charge on any atom is 0.134 e. The Hall–Kier alpha value is 0.0400. The number of rotatable bonds is 1. The van der Waals surface area contributed by atoms with Crippen LogP contribution in [0.2, 0.25) is 5.02 Å². The summed E-state index contributed by atoms with van der Waals surface area (Å²) in [6.07, 6.45) is 0. The van der Waals surface area contributed by atoms with Gasteiger partial charge in [-0.1, -0.05) is 46.3 Å². The van der Waals surface area contributed by atoms with E-state index >= 15 is 0 Å². The number of benzene rings is 1. The van der Waals surface area contributed by atoms with Crippen LogP contribution in [-0.2, 0) is 4.43 Å². The average Bonchev–Trinajstić information content (AvgIpc) is 1.95. The summed E-state index contributed by atoms with van der Waals surface area (Å²) in [5, 5.41) is 9.57. The van der Waals surface area contributed by atoms with Gasteiger partial charge in [0.25, 0.3) is 0 Å². The molecule has 1 aromatic rings. The van der Waals surface area contributed by atoms with Crippen LogP contribution in [0.15, 0.2) is 18.2 Å². The van der Waals surface area contributed by atoms with E-state index < -0.39 is 0 Å². The van der Waals surface area contributed by atoms with E-state index in [0.29, 0.717) is 5.02 Å². The predicted octanol–water partition coefficient (Wildman–Crippen LogP) is 2.98. The third-order valence-electron chi connectivity index (χ3n) is 1.20. The highest BCUT2D eigenvalue weighted by molar-refractivity contribution is 14.1. The Morgan fingerprint density at radius 3 is 2.70 bits per heavy atom. The zero-order valence-electron chi connectivity index (χ0n) is 5.14. The number of alkyl halides is 1. The van der Waals surface area contributed by atoms with Gasteiger partial charge >= 0.3 is 0 Å². The fourth-order valence-electron chi connectivity index (χ4n) is 0.669. The first kappa shape index (κ1) is 8.14. The lowest BCUT2D eigenvalue weighted by molar-refractivity contribution is 0.475. The van der Waals surface area contributed by atoms with Gasteiger partial charge in [0.2, 0.25) is 0 Å². The van der Waals surface area contributed by atoms with E-state index in [9.17, 15) is 0 Å². The van der Waals surface area contributed by atoms with E-state index in [4.69, 9.17) is 16.7 Å². The lowest BCUT2D eigenvalue weighted by Gasteiger charge is -1.99. The molecule has 0 fully saturated rings. The average molecular weight is 268 g/mol. The summed E-state index contributed by atoms with van der Waals surface area (Å²) in [5.74, 6) is 0.163. The van der Waals surface area contributed by atoms with Gasteiger partial charge in [0, 0.05) is 4.43 Å². The second-order valence-electron chi connectivity index (χ2n) is 1.88. The molecule has 0 saturated heterocycles. The second-order valence-corrected chi connectivity index (χ2v) is 3.02. The summed E-state index contributed by atoms with van der Waals surface area (Å²) < 4.78 is 0.824. The number of phenolic OH excluding ortho intramolecular Hbond substituents is 1. The Kier molecular flexibility index (Phi) is 2.80. The molecule has 1 rings (SSSR count). The highest BCUT2D eigenvalue weighted by atomic mass is 127. The summed E-state index contributed by atoms with van der Waals surface area (Å²) in [6.45, 7) is 0. The quantitative estimate of drug-likeness (QED) is 0.613. The number of hydrogen-bond donors (Lipinski definition) is 1. The van der Waals surface area contributed by atoms with Crippen molar-refractivity contribution in [1.82, 2.24) is 0 Å². The Morgan fingerprint density at radius 2 is 2.20 bits per heavy atom. The second kappa shape index (κ2) is 3.44. The Labute approximate surface area is 78.2 Å². The molecule has 0 aliphatic heterocycles. The van der Waals surface area contributed by atoms with Gasteiger partial charge in [-0.3, -0.25) is 0 Å². The topological polar surface area (TPSA) is 20.2 Å². The number of phenols is 1. The van der Waals surface area contributed by atoms with Gasteiger partial charge in [-0.15, -0.1) is 0 Å². The molecular formula is C7H6ClIO. The van der Waals surface area contributed by atoms with Crippen LogP contribution in [0.25, 0.3) is 0 Å². The summed E-state index contributed by atoms with van der Waals surface area (Å²) in [6, 6.07) is 5.27. The molecule has 1 N–H and O–H groups in total. The molecule has 54 valence electrons. The van der Waals surface area contributed by atoms with Gasteiger partial charge in [0.05, 0.1) is 5.02 Å². The molecule has 0 radical (unpaired) electrons. The van der Waals surface area contributed by atoms with E-state index in [2.05, 4.69) is 22.6 Å². The van der Waals surface area contributed by atoms with Crippen LogP contribution < -0.4 is 0 Å². The maximum atomic E-state index is 9.10. The number of aromatic hydroxyl groups is 1. The van der Waals surface area contributed by atoms with Gasteiger partial charge in [-0.05, 0) is 11.6 Å². The fourth-order valence-corrected chi connectivity index (χ4v) is 1.72. The number of hydrogen-bond acceptors (Lipinski definition) is 1. The van der Waals surface area contributed by atoms with Crippen LogP contribution in [0.1, 0.15) is 5.56 Å². The lowest BCUT2D eigenvalue weighted by atomic mass is 10.2. The van der Waals surface area contributed by atoms with Crippen LogP contribution in [0, 0.1) is 0 Å². The molecule has 0 amide bonds. The first-order valence-electron chi connectivity index (χ1n) is 2.78. The molecule has 0 aliphatic rings. The van der Waals surface area contributed by atoms with Crippen molar-refractivity contribution >= 4 is 34.2 Å². The van der Waals surface area contributed by atoms with Crippen molar-refractivity contribution in [2.75, 3.05) is 0 Å². The van der Waals surface area contributed by atoms with Crippen molar-refractivity contribution in [2.24, 2.45) is 0 Å². The van der Waals surface area contributed by atoms with Gasteiger partial charge in [-0.25, -0.2) is 0 Å². The van der Waals surface area contributed by atoms with Gasteiger partial charge < -0.3 is 5.11 Å². The lowest BCUT2D eigenvalue weighted by Crippen LogP contribution is -1.78. The molecule has 1 nitrogen and oxygen atoms in total. The monoisotopic (exact) mass is 268 g/mol. The standard InChI is InChI=1S/C7H6ClIO/c8-7-5(4-9)2-1-3-6(7)10/h1-3,10H,4H2. The molecule has 1 aromatic carbocycles. The zero-order valence-corrected chi connectivity index (χ0v) is 8.06. The molecule has 0 spiro atoms. The van der Waals surface area contributed by atoms with E-state index in [1.54, 1.807) is 12.1 Å². The first-order valence-corrected chi connectivity index (χ1v) is 4.68. The van der Waals surface area contributed by atoms with Crippen molar-refractivity contribution in [2.45, 2.75) is 4.43 Å². The van der Waals surface area contributed by atoms with Crippen molar-refractivity contribution in [1.29, 1.82) is 0 Å². The Balaban J connectivity index is 3.14. The largest absolute Gasteiger partial charge is 0.506 e. The highest BCUT2D eigenvalue weighted by Crippen LogP contribution is 2.27. The minimum atomic E-state index is 0.163. The van der Waals surface area contributed by atoms with E-state index in [1.807, 2.05) is 6.07 Å². The maximum absolute atomic E-state index is 9.10. The highest BCUT2D eigenvalue weighted by Gasteiger charge is 2.01. The smallest absolute Gasteiger partial charge is 0.134 e. The van der Waals surface area contributed by atoms with Crippen LogP contribution in [0.5, 0.6) is 5.75 Å². The summed E-state index contributed by atoms with van der Waals surface area (Å²) in [7, 11) is 0. The SMILES string of the molecule is Oc1cccc(CI)c1Cl. The molecule has 0 heterocycles. The Morgan fingerprint density at radius 1 is 1.50 bits per heavy atom. The van der Waals surface area contributed by atoms with E-state index in [0.717, 1.165) is 9.99 Å². The van der Waals surface area contributed by atoms with Gasteiger partial charge in [0.15, 0.2) is 0 Å². The summed E-state index contributed by atoms with van der Waals surface area (Å²) in [4.78, 5) is 0. The van der Waals surface area contributed by atoms with Crippen LogP contribution in [0.4, 0.5) is 0 Å². The van der Waals surface area contributed by atoms with Crippen molar-refractivity contribution in [3.63, 3.8) is 0 Å². The zero-order chi connectivity index (χ0) is 7.56. The number of halogens is 2. The van der Waals surface area contributed by atoms with Crippen molar-refractivity contribution in [3.05, 3.63) is 28.8 Å². The molecule has 0 saturated carbocycles. The minimum Gasteiger partial charge on any atom is -0.506 e. The van der Waals surface area contributed by atoms with Crippen LogP contribution >= 0.6 is 34.2 Å². The van der Waals surface area contributed by atoms with Gasteiger partial charge in [0.1, 0.15) is 5.75 Å². The van der Waals surface area contributed by atoms with Crippen LogP contribution in [0.3, 0.4) is 0 Å². The molecule has 0 aromatic heterocycles. The van der Waals surface area contributed by atoms with Crippen molar-refractivity contribution in [3.8, 4) is 5.75 Å². The minimum absolute atomic E-state index is 0.163. The third-order valence-corrected chi connectivity index (χ3v) is 2.46. The van der Waals surface area contributed by atoms with Crippen molar-refractivity contribution < 1.29 is 5.11 Å².